The first kappa shape index (κ1) is 39.9. The maximum Gasteiger partial charge on any atom is 0.306 e. The van der Waals surface area contributed by atoms with Crippen molar-refractivity contribution in [1.29, 1.82) is 0 Å². The fourth-order valence-corrected chi connectivity index (χ4v) is 11.6. The summed E-state index contributed by atoms with van der Waals surface area (Å²) < 4.78 is 6.09. The summed E-state index contributed by atoms with van der Waals surface area (Å²) in [5.41, 5.74) is 1.93. The highest BCUT2D eigenvalue weighted by Crippen LogP contribution is 2.67. The molecule has 3 fully saturated rings. The van der Waals surface area contributed by atoms with Gasteiger partial charge >= 0.3 is 5.97 Å². The minimum absolute atomic E-state index is 0.000996. The van der Waals surface area contributed by atoms with Gasteiger partial charge in [0.25, 0.3) is 0 Å². The molecule has 48 heavy (non-hydrogen) atoms. The molecule has 3 nitrogen and oxygen atoms in total. The van der Waals surface area contributed by atoms with Crippen LogP contribution < -0.4 is 0 Å². The average Bonchev–Trinajstić information content (AvgIpc) is 3.40. The molecule has 0 bridgehead atoms. The first-order valence-corrected chi connectivity index (χ1v) is 21.7. The van der Waals surface area contributed by atoms with Crippen molar-refractivity contribution in [3.8, 4) is 0 Å². The van der Waals surface area contributed by atoms with Crippen molar-refractivity contribution in [2.45, 2.75) is 221 Å². The third-order valence-electron chi connectivity index (χ3n) is 14.6. The average molecular weight is 669 g/mol. The van der Waals surface area contributed by atoms with Gasteiger partial charge in [0.05, 0.1) is 6.10 Å². The fourth-order valence-electron chi connectivity index (χ4n) is 11.6. The summed E-state index contributed by atoms with van der Waals surface area (Å²) >= 11 is 0. The van der Waals surface area contributed by atoms with Crippen LogP contribution in [0.2, 0.25) is 0 Å². The second-order valence-corrected chi connectivity index (χ2v) is 18.5. The van der Waals surface area contributed by atoms with Crippen LogP contribution in [0.3, 0.4) is 0 Å². The lowest BCUT2D eigenvalue weighted by Crippen LogP contribution is -2.55. The molecule has 0 aromatic heterocycles. The first-order chi connectivity index (χ1) is 23.1. The van der Waals surface area contributed by atoms with Gasteiger partial charge in [0.1, 0.15) is 6.10 Å². The topological polar surface area (TPSA) is 46.5 Å². The zero-order valence-corrected chi connectivity index (χ0v) is 32.8. The van der Waals surface area contributed by atoms with Gasteiger partial charge in [-0.25, -0.2) is 0 Å². The Labute approximate surface area is 298 Å². The number of rotatable bonds is 22. The van der Waals surface area contributed by atoms with Gasteiger partial charge < -0.3 is 9.84 Å². The van der Waals surface area contributed by atoms with Gasteiger partial charge in [-0.1, -0.05) is 162 Å². The van der Waals surface area contributed by atoms with Crippen LogP contribution in [0.25, 0.3) is 0 Å². The predicted molar refractivity (Wildman–Crippen MR) is 204 cm³/mol. The lowest BCUT2D eigenvalue weighted by atomic mass is 9.46. The van der Waals surface area contributed by atoms with E-state index >= 15 is 0 Å². The maximum atomic E-state index is 12.8. The van der Waals surface area contributed by atoms with Crippen molar-refractivity contribution in [3.05, 3.63) is 11.6 Å². The number of aliphatic hydroxyl groups excluding tert-OH is 1. The molecule has 0 aliphatic heterocycles. The van der Waals surface area contributed by atoms with E-state index in [1.54, 1.807) is 0 Å². The highest BCUT2D eigenvalue weighted by atomic mass is 16.5. The van der Waals surface area contributed by atoms with Crippen LogP contribution in [0.4, 0.5) is 0 Å². The van der Waals surface area contributed by atoms with Crippen molar-refractivity contribution < 1.29 is 14.6 Å². The fraction of sp³-hybridized carbons (Fsp3) is 0.933. The summed E-state index contributed by atoms with van der Waals surface area (Å²) in [6.07, 6.45) is 34.8. The van der Waals surface area contributed by atoms with Gasteiger partial charge in [0.15, 0.2) is 0 Å². The zero-order chi connectivity index (χ0) is 34.6. The van der Waals surface area contributed by atoms with Crippen molar-refractivity contribution >= 4 is 5.97 Å². The monoisotopic (exact) mass is 669 g/mol. The van der Waals surface area contributed by atoms with E-state index in [1.165, 1.54) is 134 Å². The number of carbonyl (C=O) groups is 1. The second-order valence-electron chi connectivity index (χ2n) is 18.5. The highest BCUT2D eigenvalue weighted by molar-refractivity contribution is 5.69. The lowest BCUT2D eigenvalue weighted by Gasteiger charge is -2.59. The molecule has 0 spiro atoms. The minimum atomic E-state index is -0.340. The Balaban J connectivity index is 1.13. The smallest absolute Gasteiger partial charge is 0.306 e. The Bertz CT molecular complexity index is 969. The Morgan fingerprint density at radius 1 is 0.771 bits per heavy atom. The Kier molecular flexibility index (Phi) is 16.4. The van der Waals surface area contributed by atoms with E-state index in [-0.39, 0.29) is 23.6 Å². The molecule has 0 aromatic carbocycles. The third kappa shape index (κ3) is 10.6. The summed E-state index contributed by atoms with van der Waals surface area (Å²) in [6, 6.07) is 0. The van der Waals surface area contributed by atoms with Gasteiger partial charge in [0.2, 0.25) is 0 Å². The summed E-state index contributed by atoms with van der Waals surface area (Å²) in [4.78, 5) is 12.8. The van der Waals surface area contributed by atoms with Gasteiger partial charge in [-0.2, -0.15) is 0 Å². The largest absolute Gasteiger partial charge is 0.462 e. The van der Waals surface area contributed by atoms with E-state index in [0.717, 1.165) is 49.9 Å². The lowest BCUT2D eigenvalue weighted by molar-refractivity contribution is -0.152. The van der Waals surface area contributed by atoms with Gasteiger partial charge in [-0.05, 0) is 91.3 Å². The third-order valence-corrected chi connectivity index (χ3v) is 14.6. The molecule has 1 unspecified atom stereocenters. The van der Waals surface area contributed by atoms with Crippen molar-refractivity contribution in [2.75, 3.05) is 0 Å². The van der Waals surface area contributed by atoms with Crippen molar-refractivity contribution in [1.82, 2.24) is 0 Å². The maximum absolute atomic E-state index is 12.8. The predicted octanol–water partition coefficient (Wildman–Crippen LogP) is 13.2. The standard InChI is InChI=1S/C45H80O3/c1-7-8-9-10-11-12-13-14-15-16-17-18-19-20-21-25-42(47)48-37-28-30-44(5)36(32-37)33-41(46)43-39-27-26-38(35(4)24-22-23-34(2)3)45(39,6)31-29-40(43)44/h33-35,37-41,43,46H,7-32H2,1-6H3/t35-,37+,38-,39+,40+,41?,43+,44+,45-/m1/s1. The SMILES string of the molecule is CCCCCCCCCCCCCCCCCC(=O)O[C@H]1CC[C@@]2(C)C(=CC(O)[C@H]3[C@@H]4CC[C@H]([C@H](C)CCCC(C)C)[C@@]4(C)CC[C@@H]32)C1. The number of ether oxygens (including phenoxy) is 1. The van der Waals surface area contributed by atoms with E-state index in [9.17, 15) is 9.90 Å². The van der Waals surface area contributed by atoms with E-state index in [0.29, 0.717) is 29.6 Å². The summed E-state index contributed by atoms with van der Waals surface area (Å²) in [5.74, 6) is 4.01. The molecule has 0 saturated heterocycles. The second kappa shape index (κ2) is 19.7. The number of unbranched alkanes of at least 4 members (excludes halogenated alkanes) is 14. The van der Waals surface area contributed by atoms with Crippen LogP contribution in [-0.2, 0) is 9.53 Å². The van der Waals surface area contributed by atoms with E-state index in [2.05, 4.69) is 47.6 Å². The molecule has 9 atom stereocenters. The van der Waals surface area contributed by atoms with Crippen LogP contribution in [0.15, 0.2) is 11.6 Å². The summed E-state index contributed by atoms with van der Waals surface area (Å²) in [6.45, 7) is 14.6. The van der Waals surface area contributed by atoms with E-state index < -0.39 is 0 Å². The molecule has 0 amide bonds. The number of hydrogen-bond donors (Lipinski definition) is 1. The summed E-state index contributed by atoms with van der Waals surface area (Å²) in [5, 5.41) is 11.7. The molecular weight excluding hydrogens is 588 g/mol. The molecule has 4 rings (SSSR count). The van der Waals surface area contributed by atoms with E-state index in [4.69, 9.17) is 4.74 Å². The Hall–Kier alpha value is -0.830. The zero-order valence-electron chi connectivity index (χ0n) is 32.8. The van der Waals surface area contributed by atoms with Crippen LogP contribution in [0.5, 0.6) is 0 Å². The molecule has 0 radical (unpaired) electrons. The Morgan fingerprint density at radius 2 is 1.38 bits per heavy atom. The van der Waals surface area contributed by atoms with Crippen LogP contribution in [0, 0.1) is 46.3 Å². The van der Waals surface area contributed by atoms with E-state index in [1.807, 2.05) is 0 Å². The number of esters is 1. The molecular formula is C45H80O3. The quantitative estimate of drug-likeness (QED) is 0.0709. The molecule has 0 aromatic rings. The van der Waals surface area contributed by atoms with Gasteiger partial charge in [-0.15, -0.1) is 0 Å². The first-order valence-electron chi connectivity index (χ1n) is 21.7. The molecule has 278 valence electrons. The van der Waals surface area contributed by atoms with Crippen molar-refractivity contribution in [3.63, 3.8) is 0 Å². The normalized spacial score (nSPS) is 33.5. The summed E-state index contributed by atoms with van der Waals surface area (Å²) in [7, 11) is 0. The molecule has 0 heterocycles. The molecule has 4 aliphatic carbocycles. The molecule has 4 aliphatic rings. The number of hydrogen-bond acceptors (Lipinski definition) is 3. The van der Waals surface area contributed by atoms with Crippen LogP contribution >= 0.6 is 0 Å². The molecule has 1 N–H and O–H groups in total. The molecule has 3 heteroatoms. The number of fused-ring (bicyclic) bond motifs is 5. The van der Waals surface area contributed by atoms with Gasteiger partial charge in [0, 0.05) is 12.8 Å². The van der Waals surface area contributed by atoms with Gasteiger partial charge in [-0.3, -0.25) is 4.79 Å². The van der Waals surface area contributed by atoms with Crippen LogP contribution in [0.1, 0.15) is 208 Å². The molecule has 3 saturated carbocycles. The number of aliphatic hydroxyl groups is 1. The van der Waals surface area contributed by atoms with Crippen molar-refractivity contribution in [2.24, 2.45) is 46.3 Å². The highest BCUT2D eigenvalue weighted by Gasteiger charge is 2.61. The Morgan fingerprint density at radius 3 is 1.98 bits per heavy atom. The van der Waals surface area contributed by atoms with Crippen LogP contribution in [-0.4, -0.2) is 23.3 Å². The minimum Gasteiger partial charge on any atom is -0.462 e. The number of carbonyl (C=O) groups excluding carboxylic acids is 1.